The van der Waals surface area contributed by atoms with Crippen LogP contribution in [0.5, 0.6) is 0 Å². The number of hydrogen-bond donors (Lipinski definition) is 2. The quantitative estimate of drug-likeness (QED) is 0.867. The van der Waals surface area contributed by atoms with Gasteiger partial charge in [0.1, 0.15) is 4.88 Å². The van der Waals surface area contributed by atoms with E-state index in [4.69, 9.17) is 5.73 Å². The molecule has 2 rings (SSSR count). The molecule has 0 saturated heterocycles. The van der Waals surface area contributed by atoms with Crippen LogP contribution in [0.1, 0.15) is 54.4 Å². The highest BCUT2D eigenvalue weighted by molar-refractivity contribution is 7.08. The standard InChI is InChI=1S/C12H20N4OS/c1-2-5-10-11(18-16-15-10)12(17)14-9-7-4-3-6-8(9)13/h8-9H,2-7,13H2,1H3,(H,14,17). The van der Waals surface area contributed by atoms with Gasteiger partial charge in [-0.3, -0.25) is 4.79 Å². The SMILES string of the molecule is CCCc1nnsc1C(=O)NC1CCCCC1N. The van der Waals surface area contributed by atoms with Gasteiger partial charge in [0, 0.05) is 12.1 Å². The molecule has 2 atom stereocenters. The molecule has 0 spiro atoms. The van der Waals surface area contributed by atoms with Gasteiger partial charge in [-0.15, -0.1) is 5.10 Å². The smallest absolute Gasteiger partial charge is 0.265 e. The summed E-state index contributed by atoms with van der Waals surface area (Å²) in [6, 6.07) is 0.182. The van der Waals surface area contributed by atoms with Gasteiger partial charge in [0.05, 0.1) is 5.69 Å². The van der Waals surface area contributed by atoms with Crippen LogP contribution in [0.2, 0.25) is 0 Å². The molecule has 1 aliphatic carbocycles. The number of nitrogens with one attached hydrogen (secondary N) is 1. The van der Waals surface area contributed by atoms with E-state index in [1.807, 2.05) is 0 Å². The number of aryl methyl sites for hydroxylation is 1. The first kappa shape index (κ1) is 13.4. The number of rotatable bonds is 4. The molecule has 0 bridgehead atoms. The van der Waals surface area contributed by atoms with Crippen LogP contribution in [-0.2, 0) is 6.42 Å². The number of carbonyl (C=O) groups is 1. The molecule has 100 valence electrons. The Morgan fingerprint density at radius 3 is 3.00 bits per heavy atom. The Hall–Kier alpha value is -1.01. The number of amides is 1. The van der Waals surface area contributed by atoms with E-state index in [2.05, 4.69) is 21.8 Å². The van der Waals surface area contributed by atoms with Crippen LogP contribution in [0.15, 0.2) is 0 Å². The minimum Gasteiger partial charge on any atom is -0.347 e. The molecule has 0 aromatic carbocycles. The molecule has 0 aliphatic heterocycles. The summed E-state index contributed by atoms with van der Waals surface area (Å²) in [6.07, 6.45) is 6.04. The van der Waals surface area contributed by atoms with Crippen molar-refractivity contribution in [2.24, 2.45) is 5.73 Å². The summed E-state index contributed by atoms with van der Waals surface area (Å²) in [4.78, 5) is 12.8. The Bertz CT molecular complexity index is 407. The molecule has 1 aromatic rings. The molecule has 3 N–H and O–H groups in total. The molecule has 2 unspecified atom stereocenters. The molecule has 0 radical (unpaired) electrons. The van der Waals surface area contributed by atoms with Crippen molar-refractivity contribution in [3.63, 3.8) is 0 Å². The van der Waals surface area contributed by atoms with Gasteiger partial charge >= 0.3 is 0 Å². The average molecular weight is 268 g/mol. The molecule has 5 nitrogen and oxygen atoms in total. The summed E-state index contributed by atoms with van der Waals surface area (Å²) in [5.41, 5.74) is 6.84. The third kappa shape index (κ3) is 3.05. The highest BCUT2D eigenvalue weighted by Gasteiger charge is 2.25. The molecule has 6 heteroatoms. The highest BCUT2D eigenvalue weighted by Crippen LogP contribution is 2.18. The van der Waals surface area contributed by atoms with Gasteiger partial charge < -0.3 is 11.1 Å². The summed E-state index contributed by atoms with van der Waals surface area (Å²) in [6.45, 7) is 2.07. The third-order valence-electron chi connectivity index (χ3n) is 3.38. The van der Waals surface area contributed by atoms with Crippen molar-refractivity contribution in [2.75, 3.05) is 0 Å². The van der Waals surface area contributed by atoms with E-state index in [0.29, 0.717) is 4.88 Å². The summed E-state index contributed by atoms with van der Waals surface area (Å²) in [5.74, 6) is -0.0594. The number of aromatic nitrogens is 2. The molecular weight excluding hydrogens is 248 g/mol. The van der Waals surface area contributed by atoms with Gasteiger partial charge in [0.2, 0.25) is 0 Å². The normalized spacial score (nSPS) is 23.9. The summed E-state index contributed by atoms with van der Waals surface area (Å²) >= 11 is 1.17. The Balaban J connectivity index is 2.00. The number of nitrogens with two attached hydrogens (primary N) is 1. The molecule has 1 aromatic heterocycles. The fraction of sp³-hybridized carbons (Fsp3) is 0.750. The molecule has 18 heavy (non-hydrogen) atoms. The fourth-order valence-electron chi connectivity index (χ4n) is 2.35. The van der Waals surface area contributed by atoms with Crippen molar-refractivity contribution in [2.45, 2.75) is 57.5 Å². The van der Waals surface area contributed by atoms with Crippen LogP contribution in [-0.4, -0.2) is 27.6 Å². The second kappa shape index (κ2) is 6.24. The van der Waals surface area contributed by atoms with E-state index in [1.54, 1.807) is 0 Å². The lowest BCUT2D eigenvalue weighted by atomic mass is 9.91. The summed E-state index contributed by atoms with van der Waals surface area (Å²) < 4.78 is 3.87. The Morgan fingerprint density at radius 1 is 1.50 bits per heavy atom. The minimum atomic E-state index is -0.0594. The third-order valence-corrected chi connectivity index (χ3v) is 4.15. The first-order valence-electron chi connectivity index (χ1n) is 6.60. The van der Waals surface area contributed by atoms with Crippen LogP contribution in [0.4, 0.5) is 0 Å². The Labute approximate surface area is 111 Å². The largest absolute Gasteiger partial charge is 0.347 e. The topological polar surface area (TPSA) is 80.9 Å². The van der Waals surface area contributed by atoms with Crippen molar-refractivity contribution in [3.05, 3.63) is 10.6 Å². The monoisotopic (exact) mass is 268 g/mol. The maximum Gasteiger partial charge on any atom is 0.265 e. The van der Waals surface area contributed by atoms with Crippen molar-refractivity contribution in [3.8, 4) is 0 Å². The second-order valence-corrected chi connectivity index (χ2v) is 5.58. The molecule has 1 heterocycles. The number of carbonyl (C=O) groups excluding carboxylic acids is 1. The molecule has 1 amide bonds. The van der Waals surface area contributed by atoms with Gasteiger partial charge in [-0.2, -0.15) is 0 Å². The van der Waals surface area contributed by atoms with Crippen LogP contribution in [0.3, 0.4) is 0 Å². The number of hydrogen-bond acceptors (Lipinski definition) is 5. The maximum atomic E-state index is 12.2. The highest BCUT2D eigenvalue weighted by atomic mass is 32.1. The van der Waals surface area contributed by atoms with Gasteiger partial charge in [-0.05, 0) is 30.8 Å². The molecule has 1 saturated carbocycles. The lowest BCUT2D eigenvalue weighted by Crippen LogP contribution is -2.49. The van der Waals surface area contributed by atoms with Crippen LogP contribution >= 0.6 is 11.5 Å². The Kier molecular flexibility index (Phi) is 4.66. The zero-order chi connectivity index (χ0) is 13.0. The van der Waals surface area contributed by atoms with Crippen molar-refractivity contribution in [1.82, 2.24) is 14.9 Å². The maximum absolute atomic E-state index is 12.2. The lowest BCUT2D eigenvalue weighted by molar-refractivity contribution is 0.0924. The zero-order valence-corrected chi connectivity index (χ0v) is 11.5. The van der Waals surface area contributed by atoms with Crippen molar-refractivity contribution >= 4 is 17.4 Å². The van der Waals surface area contributed by atoms with E-state index in [9.17, 15) is 4.79 Å². The first-order valence-corrected chi connectivity index (χ1v) is 7.37. The van der Waals surface area contributed by atoms with Gasteiger partial charge in [0.15, 0.2) is 0 Å². The fourth-order valence-corrected chi connectivity index (χ4v) is 2.97. The molecular formula is C12H20N4OS. The zero-order valence-electron chi connectivity index (χ0n) is 10.7. The van der Waals surface area contributed by atoms with Crippen LogP contribution in [0, 0.1) is 0 Å². The van der Waals surface area contributed by atoms with Gasteiger partial charge in [-0.25, -0.2) is 0 Å². The second-order valence-electron chi connectivity index (χ2n) is 4.83. The number of nitrogens with zero attached hydrogens (tertiary/aromatic N) is 2. The molecule has 1 fully saturated rings. The van der Waals surface area contributed by atoms with Crippen molar-refractivity contribution < 1.29 is 4.79 Å². The van der Waals surface area contributed by atoms with Crippen LogP contribution < -0.4 is 11.1 Å². The summed E-state index contributed by atoms with van der Waals surface area (Å²) in [7, 11) is 0. The average Bonchev–Trinajstić information content (AvgIpc) is 2.81. The van der Waals surface area contributed by atoms with Crippen LogP contribution in [0.25, 0.3) is 0 Å². The first-order chi connectivity index (χ1) is 8.72. The predicted octanol–water partition coefficient (Wildman–Crippen LogP) is 1.49. The van der Waals surface area contributed by atoms with E-state index in [0.717, 1.165) is 44.2 Å². The Morgan fingerprint density at radius 2 is 2.28 bits per heavy atom. The van der Waals surface area contributed by atoms with E-state index >= 15 is 0 Å². The predicted molar refractivity (Wildman–Crippen MR) is 71.6 cm³/mol. The molecule has 1 aliphatic rings. The van der Waals surface area contributed by atoms with Gasteiger partial charge in [0.25, 0.3) is 5.91 Å². The van der Waals surface area contributed by atoms with E-state index < -0.39 is 0 Å². The summed E-state index contributed by atoms with van der Waals surface area (Å²) in [5, 5.41) is 7.05. The van der Waals surface area contributed by atoms with E-state index in [1.165, 1.54) is 11.5 Å². The van der Waals surface area contributed by atoms with E-state index in [-0.39, 0.29) is 18.0 Å². The van der Waals surface area contributed by atoms with Gasteiger partial charge in [-0.1, -0.05) is 30.7 Å². The lowest BCUT2D eigenvalue weighted by Gasteiger charge is -2.29. The van der Waals surface area contributed by atoms with Crippen molar-refractivity contribution in [1.29, 1.82) is 0 Å². The minimum absolute atomic E-state index is 0.0594.